The van der Waals surface area contributed by atoms with Crippen molar-refractivity contribution in [3.8, 4) is 5.75 Å². The molecule has 2 N–H and O–H groups in total. The van der Waals surface area contributed by atoms with Gasteiger partial charge >= 0.3 is 5.97 Å². The highest BCUT2D eigenvalue weighted by molar-refractivity contribution is 9.10. The predicted molar refractivity (Wildman–Crippen MR) is 74.3 cm³/mol. The van der Waals surface area contributed by atoms with E-state index in [2.05, 4.69) is 25.4 Å². The first-order chi connectivity index (χ1) is 9.31. The van der Waals surface area contributed by atoms with Gasteiger partial charge in [0.1, 0.15) is 5.75 Å². The van der Waals surface area contributed by atoms with E-state index in [1.807, 2.05) is 0 Å². The van der Waals surface area contributed by atoms with E-state index in [0.717, 1.165) is 0 Å². The van der Waals surface area contributed by atoms with Gasteiger partial charge in [-0.2, -0.15) is 0 Å². The highest BCUT2D eigenvalue weighted by Gasteiger charge is 2.21. The third kappa shape index (κ3) is 4.17. The Morgan fingerprint density at radius 1 is 1.45 bits per heavy atom. The Labute approximate surface area is 125 Å². The number of hydrogen-bond acceptors (Lipinski definition) is 5. The third-order valence-electron chi connectivity index (χ3n) is 2.45. The topological polar surface area (TPSA) is 102 Å². The molecule has 0 saturated carbocycles. The molecule has 0 spiro atoms. The zero-order chi connectivity index (χ0) is 15.3. The van der Waals surface area contributed by atoms with E-state index in [1.165, 1.54) is 32.4 Å². The Balaban J connectivity index is 2.89. The SMILES string of the molecule is COc1ccc(S(=O)(=O)NCC(OC)C(=O)O)cc1Br. The number of halogens is 1. The summed E-state index contributed by atoms with van der Waals surface area (Å²) in [6.45, 7) is -0.363. The summed E-state index contributed by atoms with van der Waals surface area (Å²) in [4.78, 5) is 10.7. The van der Waals surface area contributed by atoms with Crippen LogP contribution in [0.15, 0.2) is 27.6 Å². The summed E-state index contributed by atoms with van der Waals surface area (Å²) in [5, 5.41) is 8.77. The lowest BCUT2D eigenvalue weighted by atomic mass is 10.3. The van der Waals surface area contributed by atoms with Crippen molar-refractivity contribution in [2.24, 2.45) is 0 Å². The molecule has 1 rings (SSSR count). The first kappa shape index (κ1) is 16.9. The van der Waals surface area contributed by atoms with Gasteiger partial charge in [0.25, 0.3) is 0 Å². The number of carboxylic acid groups (broad SMARTS) is 1. The molecule has 0 radical (unpaired) electrons. The van der Waals surface area contributed by atoms with E-state index >= 15 is 0 Å². The molecule has 1 atom stereocenters. The molecule has 112 valence electrons. The first-order valence-electron chi connectivity index (χ1n) is 5.40. The summed E-state index contributed by atoms with van der Waals surface area (Å²) in [7, 11) is -1.17. The van der Waals surface area contributed by atoms with Crippen LogP contribution in [0.1, 0.15) is 0 Å². The van der Waals surface area contributed by atoms with Crippen LogP contribution < -0.4 is 9.46 Å². The number of benzene rings is 1. The van der Waals surface area contributed by atoms with Crippen molar-refractivity contribution in [3.63, 3.8) is 0 Å². The van der Waals surface area contributed by atoms with Gasteiger partial charge in [0, 0.05) is 13.7 Å². The molecule has 0 bridgehead atoms. The van der Waals surface area contributed by atoms with Gasteiger partial charge in [-0.25, -0.2) is 17.9 Å². The number of nitrogens with one attached hydrogen (secondary N) is 1. The molecule has 1 unspecified atom stereocenters. The van der Waals surface area contributed by atoms with Crippen LogP contribution in [0.3, 0.4) is 0 Å². The van der Waals surface area contributed by atoms with Crippen LogP contribution in [-0.2, 0) is 19.6 Å². The first-order valence-corrected chi connectivity index (χ1v) is 7.68. The fourth-order valence-corrected chi connectivity index (χ4v) is 3.10. The van der Waals surface area contributed by atoms with Crippen molar-refractivity contribution in [2.45, 2.75) is 11.0 Å². The zero-order valence-corrected chi connectivity index (χ0v) is 13.2. The van der Waals surface area contributed by atoms with Crippen LogP contribution in [-0.4, -0.2) is 46.4 Å². The largest absolute Gasteiger partial charge is 0.496 e. The van der Waals surface area contributed by atoms with Crippen LogP contribution >= 0.6 is 15.9 Å². The maximum absolute atomic E-state index is 12.0. The van der Waals surface area contributed by atoms with E-state index in [4.69, 9.17) is 9.84 Å². The van der Waals surface area contributed by atoms with E-state index in [1.54, 1.807) is 0 Å². The van der Waals surface area contributed by atoms with Crippen molar-refractivity contribution >= 4 is 31.9 Å². The summed E-state index contributed by atoms with van der Waals surface area (Å²) in [6.07, 6.45) is -1.24. The van der Waals surface area contributed by atoms with E-state index < -0.39 is 22.1 Å². The van der Waals surface area contributed by atoms with Gasteiger partial charge in [-0.3, -0.25) is 0 Å². The second kappa shape index (κ2) is 7.02. The minimum absolute atomic E-state index is 0.00887. The lowest BCUT2D eigenvalue weighted by Gasteiger charge is -2.12. The summed E-state index contributed by atoms with van der Waals surface area (Å²) >= 11 is 3.18. The summed E-state index contributed by atoms with van der Waals surface area (Å²) in [6, 6.07) is 4.21. The highest BCUT2D eigenvalue weighted by Crippen LogP contribution is 2.27. The number of carbonyl (C=O) groups is 1. The summed E-state index contributed by atoms with van der Waals surface area (Å²) < 4.78 is 36.3. The molecule has 0 aromatic heterocycles. The van der Waals surface area contributed by atoms with Gasteiger partial charge < -0.3 is 14.6 Å². The molecule has 1 aromatic rings. The maximum atomic E-state index is 12.0. The van der Waals surface area contributed by atoms with Gasteiger partial charge in [0.2, 0.25) is 10.0 Å². The van der Waals surface area contributed by atoms with Crippen LogP contribution in [0.2, 0.25) is 0 Å². The Kier molecular flexibility index (Phi) is 5.93. The van der Waals surface area contributed by atoms with Gasteiger partial charge in [-0.1, -0.05) is 0 Å². The standard InChI is InChI=1S/C11H14BrNO6S/c1-18-9-4-3-7(5-8(9)12)20(16,17)13-6-10(19-2)11(14)15/h3-5,10,13H,6H2,1-2H3,(H,14,15). The fourth-order valence-electron chi connectivity index (χ4n) is 1.35. The molecule has 0 aliphatic rings. The van der Waals surface area contributed by atoms with E-state index in [-0.39, 0.29) is 11.4 Å². The van der Waals surface area contributed by atoms with Crippen molar-refractivity contribution in [1.82, 2.24) is 4.72 Å². The zero-order valence-electron chi connectivity index (χ0n) is 10.8. The Hall–Kier alpha value is -1.16. The summed E-state index contributed by atoms with van der Waals surface area (Å²) in [5.41, 5.74) is 0. The van der Waals surface area contributed by atoms with Crippen molar-refractivity contribution in [3.05, 3.63) is 22.7 Å². The maximum Gasteiger partial charge on any atom is 0.334 e. The molecule has 0 heterocycles. The second-order valence-corrected chi connectivity index (χ2v) is 6.33. The summed E-state index contributed by atoms with van der Waals surface area (Å²) in [5.74, 6) is -0.754. The average molecular weight is 368 g/mol. The van der Waals surface area contributed by atoms with E-state index in [9.17, 15) is 13.2 Å². The number of hydrogen-bond donors (Lipinski definition) is 2. The Morgan fingerprint density at radius 3 is 2.55 bits per heavy atom. The normalized spacial score (nSPS) is 12.9. The minimum Gasteiger partial charge on any atom is -0.496 e. The van der Waals surface area contributed by atoms with Gasteiger partial charge in [0.05, 0.1) is 16.5 Å². The Morgan fingerprint density at radius 2 is 2.10 bits per heavy atom. The smallest absolute Gasteiger partial charge is 0.334 e. The molecule has 0 aliphatic heterocycles. The predicted octanol–water partition coefficient (Wildman–Crippen LogP) is 0.836. The Bertz CT molecular complexity index is 589. The number of carboxylic acids is 1. The van der Waals surface area contributed by atoms with Crippen LogP contribution in [0.4, 0.5) is 0 Å². The molecule has 0 fully saturated rings. The molecule has 20 heavy (non-hydrogen) atoms. The van der Waals surface area contributed by atoms with Crippen molar-refractivity contribution in [2.75, 3.05) is 20.8 Å². The molecule has 9 heteroatoms. The van der Waals surface area contributed by atoms with Gasteiger partial charge in [0.15, 0.2) is 6.10 Å². The van der Waals surface area contributed by atoms with Crippen molar-refractivity contribution < 1.29 is 27.8 Å². The third-order valence-corrected chi connectivity index (χ3v) is 4.49. The molecular formula is C11H14BrNO6S. The van der Waals surface area contributed by atoms with Crippen LogP contribution in [0, 0.1) is 0 Å². The average Bonchev–Trinajstić information content (AvgIpc) is 2.38. The molecule has 0 amide bonds. The van der Waals surface area contributed by atoms with Gasteiger partial charge in [-0.15, -0.1) is 0 Å². The second-order valence-electron chi connectivity index (χ2n) is 3.71. The molecule has 0 saturated heterocycles. The highest BCUT2D eigenvalue weighted by atomic mass is 79.9. The molecule has 0 aliphatic carbocycles. The molecular weight excluding hydrogens is 354 g/mol. The molecule has 7 nitrogen and oxygen atoms in total. The van der Waals surface area contributed by atoms with Gasteiger partial charge in [-0.05, 0) is 34.1 Å². The number of methoxy groups -OCH3 is 2. The number of rotatable bonds is 7. The lowest BCUT2D eigenvalue weighted by molar-refractivity contribution is -0.147. The van der Waals surface area contributed by atoms with Crippen LogP contribution in [0.5, 0.6) is 5.75 Å². The quantitative estimate of drug-likeness (QED) is 0.740. The van der Waals surface area contributed by atoms with Crippen LogP contribution in [0.25, 0.3) is 0 Å². The number of sulfonamides is 1. The fraction of sp³-hybridized carbons (Fsp3) is 0.364. The molecule has 1 aromatic carbocycles. The number of aliphatic carboxylic acids is 1. The monoisotopic (exact) mass is 367 g/mol. The van der Waals surface area contributed by atoms with Crippen molar-refractivity contribution in [1.29, 1.82) is 0 Å². The minimum atomic E-state index is -3.83. The lowest BCUT2D eigenvalue weighted by Crippen LogP contribution is -2.37. The van der Waals surface area contributed by atoms with E-state index in [0.29, 0.717) is 10.2 Å². The number of ether oxygens (including phenoxy) is 2.